The molecule has 0 unspecified atom stereocenters. The Balaban J connectivity index is 1.43. The number of rotatable bonds is 3. The van der Waals surface area contributed by atoms with Crippen molar-refractivity contribution in [1.82, 2.24) is 15.0 Å². The number of aromatic nitrogens is 3. The van der Waals surface area contributed by atoms with Gasteiger partial charge in [0.25, 0.3) is 0 Å². The van der Waals surface area contributed by atoms with Gasteiger partial charge in [0.2, 0.25) is 5.95 Å². The summed E-state index contributed by atoms with van der Waals surface area (Å²) in [5.41, 5.74) is 9.06. The molecular formula is C25H22Cl2N6O2. The number of nitrogens with two attached hydrogens (primary N) is 1. The summed E-state index contributed by atoms with van der Waals surface area (Å²) in [7, 11) is 0. The van der Waals surface area contributed by atoms with Gasteiger partial charge in [0, 0.05) is 47.1 Å². The number of piperidine rings is 1. The first-order valence-electron chi connectivity index (χ1n) is 11.2. The van der Waals surface area contributed by atoms with Crippen LogP contribution >= 0.6 is 23.2 Å². The van der Waals surface area contributed by atoms with Crippen LogP contribution < -0.4 is 10.6 Å². The number of benzene rings is 1. The number of fused-ring (bicyclic) bond motifs is 1. The van der Waals surface area contributed by atoms with Crippen LogP contribution in [-0.4, -0.2) is 34.1 Å². The Kier molecular flexibility index (Phi) is 5.99. The lowest BCUT2D eigenvalue weighted by Crippen LogP contribution is -2.44. The van der Waals surface area contributed by atoms with E-state index in [1.165, 1.54) is 0 Å². The molecule has 0 saturated carbocycles. The van der Waals surface area contributed by atoms with E-state index in [2.05, 4.69) is 20.9 Å². The summed E-state index contributed by atoms with van der Waals surface area (Å²) in [6.07, 6.45) is 2.70. The van der Waals surface area contributed by atoms with Crippen LogP contribution in [0, 0.1) is 23.7 Å². The smallest absolute Gasteiger partial charge is 0.405 e. The maximum Gasteiger partial charge on any atom is 0.405 e. The van der Waals surface area contributed by atoms with Crippen molar-refractivity contribution in [2.45, 2.75) is 32.3 Å². The predicted molar refractivity (Wildman–Crippen MR) is 132 cm³/mol. The van der Waals surface area contributed by atoms with Gasteiger partial charge in [0.1, 0.15) is 12.2 Å². The highest BCUT2D eigenvalue weighted by Crippen LogP contribution is 2.53. The summed E-state index contributed by atoms with van der Waals surface area (Å²) in [6, 6.07) is 11.3. The summed E-state index contributed by atoms with van der Waals surface area (Å²) in [5.74, 6) is 0.483. The molecule has 0 radical (unpaired) electrons. The zero-order valence-corrected chi connectivity index (χ0v) is 20.5. The van der Waals surface area contributed by atoms with Crippen LogP contribution in [0.2, 0.25) is 10.0 Å². The fourth-order valence-corrected chi connectivity index (χ4v) is 5.68. The second kappa shape index (κ2) is 8.99. The molecule has 1 saturated heterocycles. The van der Waals surface area contributed by atoms with Crippen LogP contribution in [0.5, 0.6) is 0 Å². The Bertz CT molecular complexity index is 1360. The molecular weight excluding hydrogens is 487 g/mol. The highest BCUT2D eigenvalue weighted by molar-refractivity contribution is 6.43. The largest absolute Gasteiger partial charge is 0.441 e. The molecule has 1 aromatic carbocycles. The average Bonchev–Trinajstić information content (AvgIpc) is 3.13. The molecule has 1 atom stereocenters. The number of carbonyl (C=O) groups excluding carboxylic acids is 1. The number of nitrogens with zero attached hydrogens (tertiary/aromatic N) is 5. The lowest BCUT2D eigenvalue weighted by atomic mass is 9.74. The zero-order chi connectivity index (χ0) is 24.7. The molecule has 1 amide bonds. The summed E-state index contributed by atoms with van der Waals surface area (Å²) >= 11 is 12.6. The summed E-state index contributed by atoms with van der Waals surface area (Å²) in [5, 5.41) is 10.6. The fourth-order valence-electron chi connectivity index (χ4n) is 5.29. The molecule has 178 valence electrons. The fraction of sp³-hybridized carbons (Fsp3) is 0.320. The Labute approximate surface area is 212 Å². The molecule has 1 spiro atoms. The standard InChI is InChI=1S/C25H22Cl2N6O2/c1-14-20(16-4-2-6-17(26)21(16)27)19(13-28)32-24(31-14)33-10-7-25(8-11-33)12-18-15(5-3-9-30-18)22(25)35-23(29)34/h2-6,9,22H,7-8,10-12H2,1H3,(H2,29,34)/t22-/m1/s1. The number of nitriles is 1. The van der Waals surface area contributed by atoms with Gasteiger partial charge in [-0.25, -0.2) is 14.8 Å². The first-order valence-corrected chi connectivity index (χ1v) is 12.0. The first kappa shape index (κ1) is 23.3. The van der Waals surface area contributed by atoms with E-state index >= 15 is 0 Å². The Morgan fingerprint density at radius 1 is 1.23 bits per heavy atom. The van der Waals surface area contributed by atoms with Gasteiger partial charge in [-0.3, -0.25) is 4.98 Å². The second-order valence-electron chi connectivity index (χ2n) is 8.93. The molecule has 2 aliphatic rings. The van der Waals surface area contributed by atoms with Crippen LogP contribution in [0.25, 0.3) is 11.1 Å². The predicted octanol–water partition coefficient (Wildman–Crippen LogP) is 5.00. The van der Waals surface area contributed by atoms with Crippen molar-refractivity contribution in [3.8, 4) is 17.2 Å². The van der Waals surface area contributed by atoms with E-state index in [4.69, 9.17) is 38.7 Å². The number of amides is 1. The molecule has 1 aliphatic carbocycles. The highest BCUT2D eigenvalue weighted by atomic mass is 35.5. The summed E-state index contributed by atoms with van der Waals surface area (Å²) in [4.78, 5) is 27.5. The van der Waals surface area contributed by atoms with Crippen LogP contribution in [0.15, 0.2) is 36.5 Å². The van der Waals surface area contributed by atoms with E-state index in [0.717, 1.165) is 24.1 Å². The number of carbonyl (C=O) groups is 1. The van der Waals surface area contributed by atoms with Gasteiger partial charge >= 0.3 is 6.09 Å². The number of anilines is 1. The third-order valence-corrected chi connectivity index (χ3v) is 7.78. The normalized spacial score (nSPS) is 18.2. The van der Waals surface area contributed by atoms with Crippen molar-refractivity contribution >= 4 is 35.2 Å². The van der Waals surface area contributed by atoms with Crippen molar-refractivity contribution in [1.29, 1.82) is 5.26 Å². The van der Waals surface area contributed by atoms with Crippen LogP contribution in [0.3, 0.4) is 0 Å². The monoisotopic (exact) mass is 508 g/mol. The number of pyridine rings is 1. The minimum absolute atomic E-state index is 0.240. The van der Waals surface area contributed by atoms with Gasteiger partial charge in [-0.1, -0.05) is 41.4 Å². The molecule has 10 heteroatoms. The first-order chi connectivity index (χ1) is 16.8. The van der Waals surface area contributed by atoms with Gasteiger partial charge in [-0.2, -0.15) is 5.26 Å². The molecule has 8 nitrogen and oxygen atoms in total. The van der Waals surface area contributed by atoms with E-state index < -0.39 is 12.2 Å². The maximum absolute atomic E-state index is 11.7. The lowest BCUT2D eigenvalue weighted by Gasteiger charge is -2.42. The number of halogens is 2. The SMILES string of the molecule is Cc1nc(N2CCC3(CC2)Cc2ncccc2[C@H]3OC(N)=O)nc(C#N)c1-c1cccc(Cl)c1Cl. The third kappa shape index (κ3) is 4.05. The lowest BCUT2D eigenvalue weighted by molar-refractivity contribution is 0.00402. The Morgan fingerprint density at radius 3 is 2.71 bits per heavy atom. The van der Waals surface area contributed by atoms with Crippen molar-refractivity contribution < 1.29 is 9.53 Å². The van der Waals surface area contributed by atoms with Crippen molar-refractivity contribution in [3.05, 3.63) is 69.2 Å². The van der Waals surface area contributed by atoms with E-state index in [-0.39, 0.29) is 11.1 Å². The van der Waals surface area contributed by atoms with Gasteiger partial charge in [-0.05, 0) is 38.3 Å². The van der Waals surface area contributed by atoms with Gasteiger partial charge < -0.3 is 15.4 Å². The third-order valence-electron chi connectivity index (χ3n) is 6.96. The number of primary amides is 1. The molecule has 5 rings (SSSR count). The topological polar surface area (TPSA) is 118 Å². The summed E-state index contributed by atoms with van der Waals surface area (Å²) in [6.45, 7) is 3.10. The average molecular weight is 509 g/mol. The van der Waals surface area contributed by atoms with E-state index in [9.17, 15) is 10.1 Å². The summed E-state index contributed by atoms with van der Waals surface area (Å²) < 4.78 is 5.60. The van der Waals surface area contributed by atoms with Crippen molar-refractivity contribution in [3.63, 3.8) is 0 Å². The molecule has 0 bridgehead atoms. The van der Waals surface area contributed by atoms with E-state index in [1.807, 2.05) is 19.1 Å². The van der Waals surface area contributed by atoms with Gasteiger partial charge in [0.15, 0.2) is 5.69 Å². The Morgan fingerprint density at radius 2 is 2.00 bits per heavy atom. The molecule has 2 N–H and O–H groups in total. The number of hydrogen-bond acceptors (Lipinski definition) is 7. The van der Waals surface area contributed by atoms with E-state index in [1.54, 1.807) is 24.4 Å². The van der Waals surface area contributed by atoms with E-state index in [0.29, 0.717) is 52.3 Å². The molecule has 2 aromatic heterocycles. The number of hydrogen-bond donors (Lipinski definition) is 1. The highest BCUT2D eigenvalue weighted by Gasteiger charge is 2.50. The molecule has 35 heavy (non-hydrogen) atoms. The van der Waals surface area contributed by atoms with Crippen LogP contribution in [-0.2, 0) is 11.2 Å². The van der Waals surface area contributed by atoms with Crippen LogP contribution in [0.1, 0.15) is 41.6 Å². The second-order valence-corrected chi connectivity index (χ2v) is 9.71. The maximum atomic E-state index is 11.7. The molecule has 1 aliphatic heterocycles. The minimum Gasteiger partial charge on any atom is -0.441 e. The quantitative estimate of drug-likeness (QED) is 0.528. The van der Waals surface area contributed by atoms with Crippen LogP contribution in [0.4, 0.5) is 10.7 Å². The molecule has 3 aromatic rings. The zero-order valence-electron chi connectivity index (χ0n) is 19.0. The number of aryl methyl sites for hydroxylation is 1. The Hall–Kier alpha value is -3.41. The minimum atomic E-state index is -0.790. The molecule has 3 heterocycles. The van der Waals surface area contributed by atoms with Crippen molar-refractivity contribution in [2.75, 3.05) is 18.0 Å². The van der Waals surface area contributed by atoms with Gasteiger partial charge in [-0.15, -0.1) is 0 Å². The number of ether oxygens (including phenoxy) is 1. The van der Waals surface area contributed by atoms with Gasteiger partial charge in [0.05, 0.1) is 15.7 Å². The van der Waals surface area contributed by atoms with Crippen molar-refractivity contribution in [2.24, 2.45) is 11.1 Å². The molecule has 1 fully saturated rings.